The monoisotopic (exact) mass is 379 g/mol. The quantitative estimate of drug-likeness (QED) is 0.555. The van der Waals surface area contributed by atoms with Gasteiger partial charge in [-0.25, -0.2) is 4.79 Å². The fourth-order valence-corrected chi connectivity index (χ4v) is 3.61. The number of thiophene rings is 1. The lowest BCUT2D eigenvalue weighted by Crippen LogP contribution is -2.41. The highest BCUT2D eigenvalue weighted by Crippen LogP contribution is 2.11. The molecule has 0 aliphatic rings. The highest BCUT2D eigenvalue weighted by molar-refractivity contribution is 7.09. The van der Waals surface area contributed by atoms with E-state index in [2.05, 4.69) is 39.9 Å². The molecule has 0 aliphatic carbocycles. The van der Waals surface area contributed by atoms with Crippen molar-refractivity contribution in [3.8, 4) is 0 Å². The molecule has 140 valence electrons. The van der Waals surface area contributed by atoms with Gasteiger partial charge in [0.1, 0.15) is 0 Å². The van der Waals surface area contributed by atoms with E-state index in [4.69, 9.17) is 0 Å². The van der Waals surface area contributed by atoms with Crippen LogP contribution in [0.1, 0.15) is 22.4 Å². The number of carbonyl (C=O) groups excluding carboxylic acids is 1. The topological polar surface area (TPSA) is 45.2 Å². The molecule has 2 amide bonds. The van der Waals surface area contributed by atoms with E-state index in [9.17, 15) is 4.79 Å². The van der Waals surface area contributed by atoms with Crippen molar-refractivity contribution in [2.75, 3.05) is 13.1 Å². The molecule has 0 unspecified atom stereocenters. The van der Waals surface area contributed by atoms with Crippen LogP contribution < -0.4 is 5.32 Å². The molecule has 1 aromatic carbocycles. The minimum atomic E-state index is -0.0107. The number of pyridine rings is 1. The summed E-state index contributed by atoms with van der Waals surface area (Å²) in [5, 5.41) is 5.15. The molecule has 0 saturated carbocycles. The maximum Gasteiger partial charge on any atom is 0.317 e. The van der Waals surface area contributed by atoms with E-state index in [1.807, 2.05) is 41.4 Å². The minimum Gasteiger partial charge on any atom is -0.338 e. The Kier molecular flexibility index (Phi) is 7.42. The number of hydrogen-bond acceptors (Lipinski definition) is 3. The number of carbonyl (C=O) groups is 1. The van der Waals surface area contributed by atoms with Gasteiger partial charge >= 0.3 is 6.03 Å². The smallest absolute Gasteiger partial charge is 0.317 e. The van der Waals surface area contributed by atoms with E-state index < -0.39 is 0 Å². The first-order chi connectivity index (χ1) is 13.3. The van der Waals surface area contributed by atoms with Gasteiger partial charge in [-0.05, 0) is 47.9 Å². The first-order valence-electron chi connectivity index (χ1n) is 9.29. The average molecular weight is 380 g/mol. The molecule has 27 heavy (non-hydrogen) atoms. The number of hydrogen-bond donors (Lipinski definition) is 1. The molecule has 0 spiro atoms. The van der Waals surface area contributed by atoms with Gasteiger partial charge < -0.3 is 10.2 Å². The Hall–Kier alpha value is -2.66. The summed E-state index contributed by atoms with van der Waals surface area (Å²) in [7, 11) is 0. The molecule has 3 rings (SSSR count). The molecule has 2 heterocycles. The van der Waals surface area contributed by atoms with Crippen LogP contribution in [-0.4, -0.2) is 29.0 Å². The average Bonchev–Trinajstić information content (AvgIpc) is 3.23. The Morgan fingerprint density at radius 2 is 1.85 bits per heavy atom. The van der Waals surface area contributed by atoms with Crippen molar-refractivity contribution < 1.29 is 4.79 Å². The van der Waals surface area contributed by atoms with Crippen molar-refractivity contribution in [3.63, 3.8) is 0 Å². The SMILES string of the molecule is O=C(NCCCc1ccccc1)N(CCc1cccs1)Cc1cccnc1. The summed E-state index contributed by atoms with van der Waals surface area (Å²) in [6, 6.07) is 18.4. The summed E-state index contributed by atoms with van der Waals surface area (Å²) in [5.41, 5.74) is 2.35. The van der Waals surface area contributed by atoms with Crippen LogP contribution in [0.4, 0.5) is 4.79 Å². The third kappa shape index (κ3) is 6.53. The first kappa shape index (κ1) is 19.1. The summed E-state index contributed by atoms with van der Waals surface area (Å²) in [4.78, 5) is 20.0. The first-order valence-corrected chi connectivity index (χ1v) is 10.2. The van der Waals surface area contributed by atoms with E-state index in [-0.39, 0.29) is 6.03 Å². The number of aryl methyl sites for hydroxylation is 1. The van der Waals surface area contributed by atoms with Gasteiger partial charge in [-0.15, -0.1) is 11.3 Å². The molecule has 1 N–H and O–H groups in total. The second kappa shape index (κ2) is 10.5. The summed E-state index contributed by atoms with van der Waals surface area (Å²) in [5.74, 6) is 0. The Bertz CT molecular complexity index is 791. The van der Waals surface area contributed by atoms with Crippen LogP contribution in [0.25, 0.3) is 0 Å². The summed E-state index contributed by atoms with van der Waals surface area (Å²) in [6.45, 7) is 1.94. The highest BCUT2D eigenvalue weighted by atomic mass is 32.1. The summed E-state index contributed by atoms with van der Waals surface area (Å²) >= 11 is 1.73. The van der Waals surface area contributed by atoms with Crippen LogP contribution in [0.2, 0.25) is 0 Å². The lowest BCUT2D eigenvalue weighted by Gasteiger charge is -2.23. The minimum absolute atomic E-state index is 0.0107. The zero-order valence-electron chi connectivity index (χ0n) is 15.4. The summed E-state index contributed by atoms with van der Waals surface area (Å²) < 4.78 is 0. The second-order valence-electron chi connectivity index (χ2n) is 6.43. The van der Waals surface area contributed by atoms with E-state index in [0.717, 1.165) is 24.8 Å². The standard InChI is InChI=1S/C22H25N3OS/c26-22(24-14-5-9-19-7-2-1-3-8-19)25(15-12-21-11-6-16-27-21)18-20-10-4-13-23-17-20/h1-4,6-8,10-11,13,16-17H,5,9,12,14-15,18H2,(H,24,26). The molecule has 0 atom stereocenters. The Morgan fingerprint density at radius 3 is 2.59 bits per heavy atom. The maximum absolute atomic E-state index is 12.7. The number of benzene rings is 1. The van der Waals surface area contributed by atoms with E-state index in [1.165, 1.54) is 10.4 Å². The summed E-state index contributed by atoms with van der Waals surface area (Å²) in [6.07, 6.45) is 6.35. The van der Waals surface area contributed by atoms with Gasteiger partial charge in [-0.3, -0.25) is 4.98 Å². The fraction of sp³-hybridized carbons (Fsp3) is 0.273. The van der Waals surface area contributed by atoms with Crippen LogP contribution >= 0.6 is 11.3 Å². The zero-order chi connectivity index (χ0) is 18.7. The lowest BCUT2D eigenvalue weighted by atomic mass is 10.1. The molecular weight excluding hydrogens is 354 g/mol. The van der Waals surface area contributed by atoms with Crippen molar-refractivity contribution in [1.29, 1.82) is 0 Å². The van der Waals surface area contributed by atoms with Gasteiger partial charge in [0.25, 0.3) is 0 Å². The predicted molar refractivity (Wildman–Crippen MR) is 111 cm³/mol. The lowest BCUT2D eigenvalue weighted by molar-refractivity contribution is 0.195. The third-order valence-electron chi connectivity index (χ3n) is 4.35. The van der Waals surface area contributed by atoms with Crippen molar-refractivity contribution in [3.05, 3.63) is 88.4 Å². The Labute approximate surface area is 164 Å². The van der Waals surface area contributed by atoms with Crippen LogP contribution in [0.5, 0.6) is 0 Å². The van der Waals surface area contributed by atoms with E-state index in [1.54, 1.807) is 17.5 Å². The third-order valence-corrected chi connectivity index (χ3v) is 5.29. The van der Waals surface area contributed by atoms with Crippen molar-refractivity contribution in [1.82, 2.24) is 15.2 Å². The predicted octanol–water partition coefficient (Wildman–Crippen LogP) is 4.53. The van der Waals surface area contributed by atoms with E-state index >= 15 is 0 Å². The van der Waals surface area contributed by atoms with Crippen molar-refractivity contribution in [2.45, 2.75) is 25.8 Å². The Balaban J connectivity index is 1.51. The number of aromatic nitrogens is 1. The largest absolute Gasteiger partial charge is 0.338 e. The molecule has 2 aromatic heterocycles. The van der Waals surface area contributed by atoms with Crippen LogP contribution in [0.3, 0.4) is 0 Å². The van der Waals surface area contributed by atoms with Gasteiger partial charge in [0, 0.05) is 36.9 Å². The van der Waals surface area contributed by atoms with Crippen LogP contribution in [-0.2, 0) is 19.4 Å². The van der Waals surface area contributed by atoms with Gasteiger partial charge in [-0.1, -0.05) is 42.5 Å². The molecule has 0 saturated heterocycles. The molecular formula is C22H25N3OS. The van der Waals surface area contributed by atoms with E-state index in [0.29, 0.717) is 19.6 Å². The van der Waals surface area contributed by atoms with Crippen molar-refractivity contribution in [2.24, 2.45) is 0 Å². The molecule has 5 heteroatoms. The van der Waals surface area contributed by atoms with Gasteiger partial charge in [0.2, 0.25) is 0 Å². The molecule has 0 radical (unpaired) electrons. The molecule has 3 aromatic rings. The van der Waals surface area contributed by atoms with Gasteiger partial charge in [-0.2, -0.15) is 0 Å². The molecule has 0 bridgehead atoms. The number of urea groups is 1. The normalized spacial score (nSPS) is 10.5. The van der Waals surface area contributed by atoms with Crippen molar-refractivity contribution >= 4 is 17.4 Å². The number of nitrogens with zero attached hydrogens (tertiary/aromatic N) is 2. The van der Waals surface area contributed by atoms with Gasteiger partial charge in [0.05, 0.1) is 0 Å². The Morgan fingerprint density at radius 1 is 1.00 bits per heavy atom. The van der Waals surface area contributed by atoms with Crippen LogP contribution in [0.15, 0.2) is 72.4 Å². The molecule has 0 aliphatic heterocycles. The zero-order valence-corrected chi connectivity index (χ0v) is 16.2. The number of nitrogens with one attached hydrogen (secondary N) is 1. The molecule has 0 fully saturated rings. The van der Waals surface area contributed by atoms with Crippen LogP contribution in [0, 0.1) is 0 Å². The van der Waals surface area contributed by atoms with Gasteiger partial charge in [0.15, 0.2) is 0 Å². The highest BCUT2D eigenvalue weighted by Gasteiger charge is 2.14. The fourth-order valence-electron chi connectivity index (χ4n) is 2.91. The molecule has 4 nitrogen and oxygen atoms in total. The number of amides is 2. The second-order valence-corrected chi connectivity index (χ2v) is 7.47. The number of rotatable bonds is 9. The maximum atomic E-state index is 12.7.